The Morgan fingerprint density at radius 1 is 1.06 bits per heavy atom. The van der Waals surface area contributed by atoms with E-state index in [-0.39, 0.29) is 5.56 Å². The van der Waals surface area contributed by atoms with E-state index < -0.39 is 0 Å². The van der Waals surface area contributed by atoms with Gasteiger partial charge in [-0.15, -0.1) is 0 Å². The first-order valence-electron chi connectivity index (χ1n) is 4.14. The normalized spacial score (nSPS) is 10.4. The molecule has 0 atom stereocenters. The van der Waals surface area contributed by atoms with E-state index in [0.717, 1.165) is 8.95 Å². The molecule has 0 aromatic carbocycles. The Bertz CT molecular complexity index is 597. The fourth-order valence-electron chi connectivity index (χ4n) is 1.09. The van der Waals surface area contributed by atoms with E-state index in [1.807, 2.05) is 6.07 Å². The minimum Gasteiger partial charge on any atom is -0.304 e. The van der Waals surface area contributed by atoms with Crippen molar-refractivity contribution in [1.82, 2.24) is 15.0 Å². The minimum atomic E-state index is -0.235. The summed E-state index contributed by atoms with van der Waals surface area (Å²) in [7, 11) is 0. The summed E-state index contributed by atoms with van der Waals surface area (Å²) in [6.07, 6.45) is 3.09. The summed E-state index contributed by atoms with van der Waals surface area (Å²) in [4.78, 5) is 22.3. The molecule has 0 bridgehead atoms. The zero-order chi connectivity index (χ0) is 11.7. The molecule has 0 saturated carbocycles. The van der Waals surface area contributed by atoms with Crippen LogP contribution in [0.3, 0.4) is 0 Å². The summed E-state index contributed by atoms with van der Waals surface area (Å²) >= 11 is 9.75. The summed E-state index contributed by atoms with van der Waals surface area (Å²) in [5.74, 6) is 0.424. The van der Waals surface area contributed by atoms with Gasteiger partial charge in [0.15, 0.2) is 5.82 Å². The first-order chi connectivity index (χ1) is 7.58. The molecular weight excluding hydrogens is 406 g/mol. The first kappa shape index (κ1) is 11.9. The number of aromatic nitrogens is 3. The fourth-order valence-corrected chi connectivity index (χ4v) is 2.47. The molecule has 7 heteroatoms. The molecule has 2 heterocycles. The zero-order valence-electron chi connectivity index (χ0n) is 7.67. The number of nitrogens with zero attached hydrogens (tertiary/aromatic N) is 2. The highest BCUT2D eigenvalue weighted by molar-refractivity contribution is 9.11. The number of H-pyrrole nitrogens is 1. The highest BCUT2D eigenvalue weighted by Gasteiger charge is 2.08. The standard InChI is InChI=1S/C9H4Br3N3O/c10-4-1-5(11)7(13-2-4)8-14-3-6(12)9(16)15-8/h1-3H,(H,14,15,16). The van der Waals surface area contributed by atoms with Crippen LogP contribution in [0.15, 0.2) is 36.7 Å². The van der Waals surface area contributed by atoms with Crippen molar-refractivity contribution in [3.63, 3.8) is 0 Å². The molecule has 4 nitrogen and oxygen atoms in total. The van der Waals surface area contributed by atoms with E-state index in [1.54, 1.807) is 6.20 Å². The van der Waals surface area contributed by atoms with Gasteiger partial charge in [0.05, 0.1) is 0 Å². The Labute approximate surface area is 116 Å². The predicted octanol–water partition coefficient (Wildman–Crippen LogP) is 3.12. The summed E-state index contributed by atoms with van der Waals surface area (Å²) in [5, 5.41) is 0. The SMILES string of the molecule is O=c1[nH]c(-c2ncc(Br)cc2Br)ncc1Br. The first-order valence-corrected chi connectivity index (χ1v) is 6.52. The van der Waals surface area contributed by atoms with Gasteiger partial charge in [-0.25, -0.2) is 4.98 Å². The average molecular weight is 410 g/mol. The molecule has 2 aromatic heterocycles. The molecule has 2 rings (SSSR count). The van der Waals surface area contributed by atoms with Crippen molar-refractivity contribution in [3.05, 3.63) is 42.2 Å². The smallest absolute Gasteiger partial charge is 0.265 e. The second-order valence-electron chi connectivity index (χ2n) is 2.89. The van der Waals surface area contributed by atoms with Crippen molar-refractivity contribution in [1.29, 1.82) is 0 Å². The van der Waals surface area contributed by atoms with E-state index in [1.165, 1.54) is 6.20 Å². The van der Waals surface area contributed by atoms with Gasteiger partial charge in [-0.1, -0.05) is 0 Å². The predicted molar refractivity (Wildman–Crippen MR) is 71.2 cm³/mol. The monoisotopic (exact) mass is 407 g/mol. The maximum Gasteiger partial charge on any atom is 0.265 e. The van der Waals surface area contributed by atoms with Crippen molar-refractivity contribution in [2.24, 2.45) is 0 Å². The van der Waals surface area contributed by atoms with Crippen molar-refractivity contribution >= 4 is 47.8 Å². The van der Waals surface area contributed by atoms with Gasteiger partial charge in [-0.3, -0.25) is 9.78 Å². The minimum absolute atomic E-state index is 0.235. The highest BCUT2D eigenvalue weighted by Crippen LogP contribution is 2.25. The van der Waals surface area contributed by atoms with Gasteiger partial charge in [0, 0.05) is 21.3 Å². The molecule has 0 aliphatic heterocycles. The maximum atomic E-state index is 11.4. The van der Waals surface area contributed by atoms with Crippen LogP contribution in [-0.2, 0) is 0 Å². The fraction of sp³-hybridized carbons (Fsp3) is 0. The van der Waals surface area contributed by atoms with Crippen molar-refractivity contribution in [3.8, 4) is 11.5 Å². The third-order valence-electron chi connectivity index (χ3n) is 1.79. The Hall–Kier alpha value is -0.530. The number of halogens is 3. The molecule has 0 aliphatic carbocycles. The van der Waals surface area contributed by atoms with Crippen LogP contribution in [0.2, 0.25) is 0 Å². The van der Waals surface area contributed by atoms with Crippen molar-refractivity contribution in [2.75, 3.05) is 0 Å². The van der Waals surface area contributed by atoms with Gasteiger partial charge < -0.3 is 4.98 Å². The number of nitrogens with one attached hydrogen (secondary N) is 1. The van der Waals surface area contributed by atoms with Gasteiger partial charge in [-0.2, -0.15) is 0 Å². The Morgan fingerprint density at radius 2 is 1.81 bits per heavy atom. The quantitative estimate of drug-likeness (QED) is 0.787. The van der Waals surface area contributed by atoms with Crippen LogP contribution in [0.25, 0.3) is 11.5 Å². The number of hydrogen-bond donors (Lipinski definition) is 1. The van der Waals surface area contributed by atoms with E-state index >= 15 is 0 Å². The van der Waals surface area contributed by atoms with Crippen LogP contribution in [0.5, 0.6) is 0 Å². The molecule has 2 aromatic rings. The lowest BCUT2D eigenvalue weighted by molar-refractivity contribution is 1.08. The van der Waals surface area contributed by atoms with Gasteiger partial charge in [0.2, 0.25) is 0 Å². The molecule has 0 unspecified atom stereocenters. The zero-order valence-corrected chi connectivity index (χ0v) is 12.4. The van der Waals surface area contributed by atoms with Crippen LogP contribution in [0.4, 0.5) is 0 Å². The summed E-state index contributed by atoms with van der Waals surface area (Å²) in [6.45, 7) is 0. The van der Waals surface area contributed by atoms with E-state index in [2.05, 4.69) is 62.7 Å². The molecular formula is C9H4Br3N3O. The lowest BCUT2D eigenvalue weighted by Crippen LogP contribution is -2.09. The second kappa shape index (κ2) is 4.77. The van der Waals surface area contributed by atoms with Gasteiger partial charge in [-0.05, 0) is 53.9 Å². The molecule has 16 heavy (non-hydrogen) atoms. The molecule has 0 fully saturated rings. The molecule has 0 amide bonds. The highest BCUT2D eigenvalue weighted by atomic mass is 79.9. The summed E-state index contributed by atoms with van der Waals surface area (Å²) in [5.41, 5.74) is 0.356. The van der Waals surface area contributed by atoms with Crippen molar-refractivity contribution in [2.45, 2.75) is 0 Å². The molecule has 0 radical (unpaired) electrons. The number of pyridine rings is 1. The second-order valence-corrected chi connectivity index (χ2v) is 5.52. The largest absolute Gasteiger partial charge is 0.304 e. The maximum absolute atomic E-state index is 11.4. The number of aromatic amines is 1. The molecule has 82 valence electrons. The van der Waals surface area contributed by atoms with Crippen LogP contribution in [0, 0.1) is 0 Å². The third-order valence-corrected chi connectivity index (χ3v) is 3.39. The van der Waals surface area contributed by atoms with Gasteiger partial charge >= 0.3 is 0 Å². The number of hydrogen-bond acceptors (Lipinski definition) is 3. The molecule has 0 spiro atoms. The Morgan fingerprint density at radius 3 is 2.44 bits per heavy atom. The van der Waals surface area contributed by atoms with Crippen LogP contribution in [0.1, 0.15) is 0 Å². The average Bonchev–Trinajstić information content (AvgIpc) is 2.22. The van der Waals surface area contributed by atoms with Crippen LogP contribution < -0.4 is 5.56 Å². The van der Waals surface area contributed by atoms with E-state index in [0.29, 0.717) is 16.0 Å². The summed E-state index contributed by atoms with van der Waals surface area (Å²) in [6, 6.07) is 1.84. The molecule has 1 N–H and O–H groups in total. The third kappa shape index (κ3) is 2.41. The Balaban J connectivity index is 2.59. The molecule has 0 saturated heterocycles. The topological polar surface area (TPSA) is 58.6 Å². The summed E-state index contributed by atoms with van der Waals surface area (Å²) < 4.78 is 2.00. The lowest BCUT2D eigenvalue weighted by atomic mass is 10.3. The van der Waals surface area contributed by atoms with Gasteiger partial charge in [0.1, 0.15) is 10.2 Å². The number of rotatable bonds is 1. The lowest BCUT2D eigenvalue weighted by Gasteiger charge is -2.02. The Kier molecular flexibility index (Phi) is 3.56. The van der Waals surface area contributed by atoms with Crippen molar-refractivity contribution < 1.29 is 0 Å². The van der Waals surface area contributed by atoms with E-state index in [4.69, 9.17) is 0 Å². The molecule has 0 aliphatic rings. The van der Waals surface area contributed by atoms with Crippen LogP contribution in [-0.4, -0.2) is 15.0 Å². The van der Waals surface area contributed by atoms with Gasteiger partial charge in [0.25, 0.3) is 5.56 Å². The van der Waals surface area contributed by atoms with E-state index in [9.17, 15) is 4.79 Å². The van der Waals surface area contributed by atoms with Crippen LogP contribution >= 0.6 is 47.8 Å².